The van der Waals surface area contributed by atoms with Crippen LogP contribution < -0.4 is 14.8 Å². The van der Waals surface area contributed by atoms with Crippen molar-refractivity contribution in [2.24, 2.45) is 0 Å². The molecule has 0 aliphatic rings. The molecule has 0 radical (unpaired) electrons. The van der Waals surface area contributed by atoms with Gasteiger partial charge >= 0.3 is 0 Å². The fourth-order valence-corrected chi connectivity index (χ4v) is 5.03. The Morgan fingerprint density at radius 3 is 2.50 bits per heavy atom. The Bertz CT molecular complexity index is 1340. The number of carbonyl (C=O) groups excluding carboxylic acids is 1. The fourth-order valence-electron chi connectivity index (χ4n) is 3.22. The maximum absolute atomic E-state index is 12.4. The Kier molecular flexibility index (Phi) is 7.51. The first-order chi connectivity index (χ1) is 16.4. The third-order valence-corrected chi connectivity index (χ3v) is 7.51. The summed E-state index contributed by atoms with van der Waals surface area (Å²) >= 11 is 1.64. The summed E-state index contributed by atoms with van der Waals surface area (Å²) in [7, 11) is -2.14. The Labute approximate surface area is 202 Å². The summed E-state index contributed by atoms with van der Waals surface area (Å²) in [6.07, 6.45) is 3.97. The van der Waals surface area contributed by atoms with E-state index in [-0.39, 0.29) is 23.9 Å². The molecule has 10 heteroatoms. The molecule has 0 fully saturated rings. The molecule has 0 saturated carbocycles. The Morgan fingerprint density at radius 1 is 1.03 bits per heavy atom. The molecular weight excluding hydrogens is 472 g/mol. The molecule has 0 atom stereocenters. The molecule has 0 saturated heterocycles. The van der Waals surface area contributed by atoms with Crippen molar-refractivity contribution in [1.82, 2.24) is 19.4 Å². The van der Waals surface area contributed by atoms with E-state index in [0.717, 1.165) is 22.0 Å². The van der Waals surface area contributed by atoms with Crippen LogP contribution in [0.15, 0.2) is 88.9 Å². The molecule has 8 nitrogen and oxygen atoms in total. The molecule has 0 aliphatic heterocycles. The SMILES string of the molecule is COc1ccc(S(=O)(=O)NCCNC(=O)c2ccc(SCc3cn4ccccc4n3)cc2)cc1. The van der Waals surface area contributed by atoms with Crippen molar-refractivity contribution in [3.63, 3.8) is 0 Å². The van der Waals surface area contributed by atoms with E-state index in [0.29, 0.717) is 11.3 Å². The van der Waals surface area contributed by atoms with Gasteiger partial charge in [0.25, 0.3) is 5.91 Å². The zero-order valence-electron chi connectivity index (χ0n) is 18.5. The van der Waals surface area contributed by atoms with Gasteiger partial charge in [-0.1, -0.05) is 6.07 Å². The first-order valence-corrected chi connectivity index (χ1v) is 13.0. The van der Waals surface area contributed by atoms with Crippen LogP contribution in [-0.4, -0.2) is 43.9 Å². The number of pyridine rings is 1. The molecule has 2 aromatic heterocycles. The summed E-state index contributed by atoms with van der Waals surface area (Å²) in [5.74, 6) is 1.04. The summed E-state index contributed by atoms with van der Waals surface area (Å²) < 4.78 is 34.1. The van der Waals surface area contributed by atoms with Crippen molar-refractivity contribution in [3.8, 4) is 5.75 Å². The molecule has 4 aromatic rings. The van der Waals surface area contributed by atoms with Crippen molar-refractivity contribution in [2.75, 3.05) is 20.2 Å². The lowest BCUT2D eigenvalue weighted by Crippen LogP contribution is -2.34. The van der Waals surface area contributed by atoms with Gasteiger partial charge in [0, 0.05) is 41.7 Å². The fraction of sp³-hybridized carbons (Fsp3) is 0.167. The third kappa shape index (κ3) is 5.96. The van der Waals surface area contributed by atoms with E-state index in [1.54, 1.807) is 36.0 Å². The number of amides is 1. The molecule has 0 aliphatic carbocycles. The van der Waals surface area contributed by atoms with Crippen LogP contribution in [0.1, 0.15) is 16.1 Å². The molecule has 2 heterocycles. The molecule has 1 amide bonds. The molecule has 0 unspecified atom stereocenters. The van der Waals surface area contributed by atoms with E-state index in [1.807, 2.05) is 47.1 Å². The quantitative estimate of drug-likeness (QED) is 0.258. The predicted octanol–water partition coefficient (Wildman–Crippen LogP) is 3.34. The molecule has 4 rings (SSSR count). The predicted molar refractivity (Wildman–Crippen MR) is 132 cm³/mol. The van der Waals surface area contributed by atoms with Gasteiger partial charge in [-0.25, -0.2) is 18.1 Å². The van der Waals surface area contributed by atoms with Crippen LogP contribution in [0.25, 0.3) is 5.65 Å². The summed E-state index contributed by atoms with van der Waals surface area (Å²) in [5, 5.41) is 2.73. The van der Waals surface area contributed by atoms with Crippen LogP contribution in [0, 0.1) is 0 Å². The van der Waals surface area contributed by atoms with Gasteiger partial charge in [0.2, 0.25) is 10.0 Å². The smallest absolute Gasteiger partial charge is 0.251 e. The van der Waals surface area contributed by atoms with Gasteiger partial charge < -0.3 is 14.5 Å². The van der Waals surface area contributed by atoms with Gasteiger partial charge in [-0.15, -0.1) is 11.8 Å². The minimum absolute atomic E-state index is 0.0764. The number of sulfonamides is 1. The number of carbonyl (C=O) groups is 1. The normalized spacial score (nSPS) is 11.4. The number of methoxy groups -OCH3 is 1. The lowest BCUT2D eigenvalue weighted by Gasteiger charge is -2.09. The lowest BCUT2D eigenvalue weighted by molar-refractivity contribution is 0.0954. The number of nitrogens with zero attached hydrogens (tertiary/aromatic N) is 2. The van der Waals surface area contributed by atoms with E-state index in [9.17, 15) is 13.2 Å². The summed E-state index contributed by atoms with van der Waals surface area (Å²) in [5.41, 5.74) is 2.40. The number of imidazole rings is 1. The Hall–Kier alpha value is -3.34. The average molecular weight is 497 g/mol. The van der Waals surface area contributed by atoms with Gasteiger partial charge in [-0.3, -0.25) is 4.79 Å². The Balaban J connectivity index is 1.23. The molecular formula is C24H24N4O4S2. The number of thioether (sulfide) groups is 1. The number of ether oxygens (including phenoxy) is 1. The van der Waals surface area contributed by atoms with E-state index >= 15 is 0 Å². The summed E-state index contributed by atoms with van der Waals surface area (Å²) in [6.45, 7) is 0.242. The highest BCUT2D eigenvalue weighted by molar-refractivity contribution is 7.98. The molecule has 176 valence electrons. The third-order valence-electron chi connectivity index (χ3n) is 4.99. The highest BCUT2D eigenvalue weighted by Crippen LogP contribution is 2.23. The number of fused-ring (bicyclic) bond motifs is 1. The van der Waals surface area contributed by atoms with Crippen molar-refractivity contribution >= 4 is 33.3 Å². The van der Waals surface area contributed by atoms with Crippen LogP contribution in [0.3, 0.4) is 0 Å². The van der Waals surface area contributed by atoms with Crippen LogP contribution in [0.5, 0.6) is 5.75 Å². The largest absolute Gasteiger partial charge is 0.497 e. The van der Waals surface area contributed by atoms with Crippen LogP contribution in [-0.2, 0) is 15.8 Å². The van der Waals surface area contributed by atoms with Gasteiger partial charge in [-0.05, 0) is 60.7 Å². The zero-order valence-corrected chi connectivity index (χ0v) is 20.1. The number of hydrogen-bond acceptors (Lipinski definition) is 6. The monoisotopic (exact) mass is 496 g/mol. The average Bonchev–Trinajstić information content (AvgIpc) is 3.29. The van der Waals surface area contributed by atoms with Crippen molar-refractivity contribution in [2.45, 2.75) is 15.5 Å². The maximum atomic E-state index is 12.4. The first kappa shape index (κ1) is 23.8. The first-order valence-electron chi connectivity index (χ1n) is 10.5. The molecule has 0 spiro atoms. The summed E-state index contributed by atoms with van der Waals surface area (Å²) in [6, 6.07) is 19.3. The number of aromatic nitrogens is 2. The number of hydrogen-bond donors (Lipinski definition) is 2. The minimum Gasteiger partial charge on any atom is -0.497 e. The van der Waals surface area contributed by atoms with Gasteiger partial charge in [0.05, 0.1) is 17.7 Å². The molecule has 2 N–H and O–H groups in total. The van der Waals surface area contributed by atoms with Gasteiger partial charge in [-0.2, -0.15) is 0 Å². The van der Waals surface area contributed by atoms with Crippen molar-refractivity contribution in [1.29, 1.82) is 0 Å². The highest BCUT2D eigenvalue weighted by atomic mass is 32.2. The van der Waals surface area contributed by atoms with E-state index in [1.165, 1.54) is 19.2 Å². The molecule has 0 bridgehead atoms. The summed E-state index contributed by atoms with van der Waals surface area (Å²) in [4.78, 5) is 18.1. The molecule has 2 aromatic carbocycles. The van der Waals surface area contributed by atoms with Crippen molar-refractivity contribution < 1.29 is 17.9 Å². The second kappa shape index (κ2) is 10.7. The number of nitrogens with one attached hydrogen (secondary N) is 2. The minimum atomic E-state index is -3.66. The standard InChI is InChI=1S/C24H24N4O4S2/c1-32-20-7-11-22(12-8-20)34(30,31)26-14-13-25-24(29)18-5-9-21(10-6-18)33-17-19-16-28-15-3-2-4-23(28)27-19/h2-12,15-16,26H,13-14,17H2,1H3,(H,25,29). The maximum Gasteiger partial charge on any atom is 0.251 e. The van der Waals surface area contributed by atoms with E-state index in [4.69, 9.17) is 4.74 Å². The highest BCUT2D eigenvalue weighted by Gasteiger charge is 2.13. The zero-order chi connectivity index (χ0) is 24.0. The van der Waals surface area contributed by atoms with Crippen LogP contribution in [0.4, 0.5) is 0 Å². The van der Waals surface area contributed by atoms with Crippen molar-refractivity contribution in [3.05, 3.63) is 90.4 Å². The topological polar surface area (TPSA) is 102 Å². The van der Waals surface area contributed by atoms with E-state index < -0.39 is 10.0 Å². The molecule has 34 heavy (non-hydrogen) atoms. The van der Waals surface area contributed by atoms with E-state index in [2.05, 4.69) is 15.0 Å². The number of rotatable bonds is 10. The van der Waals surface area contributed by atoms with Gasteiger partial charge in [0.1, 0.15) is 11.4 Å². The second-order valence-electron chi connectivity index (χ2n) is 7.34. The lowest BCUT2D eigenvalue weighted by atomic mass is 10.2. The van der Waals surface area contributed by atoms with Gasteiger partial charge in [0.15, 0.2) is 0 Å². The van der Waals surface area contributed by atoms with Crippen LogP contribution >= 0.6 is 11.8 Å². The van der Waals surface area contributed by atoms with Crippen LogP contribution in [0.2, 0.25) is 0 Å². The second-order valence-corrected chi connectivity index (χ2v) is 10.2. The Morgan fingerprint density at radius 2 is 1.79 bits per heavy atom. The number of benzene rings is 2.